The first kappa shape index (κ1) is 15.2. The normalized spacial score (nSPS) is 14.4. The van der Waals surface area contributed by atoms with Gasteiger partial charge >= 0.3 is 0 Å². The van der Waals surface area contributed by atoms with Crippen molar-refractivity contribution in [3.05, 3.63) is 94.2 Å². The molecule has 2 aromatic carbocycles. The highest BCUT2D eigenvalue weighted by atomic mass is 32.1. The van der Waals surface area contributed by atoms with Gasteiger partial charge in [-0.25, -0.2) is 0 Å². The van der Waals surface area contributed by atoms with Crippen molar-refractivity contribution < 1.29 is 4.58 Å². The van der Waals surface area contributed by atoms with Crippen molar-refractivity contribution in [3.63, 3.8) is 0 Å². The van der Waals surface area contributed by atoms with Crippen LogP contribution in [0.3, 0.4) is 0 Å². The van der Waals surface area contributed by atoms with Crippen molar-refractivity contribution in [2.75, 3.05) is 13.1 Å². The number of nitrogens with zero attached hydrogens (tertiary/aromatic N) is 2. The van der Waals surface area contributed by atoms with Crippen molar-refractivity contribution in [2.45, 2.75) is 13.1 Å². The van der Waals surface area contributed by atoms with Crippen LogP contribution in [0.25, 0.3) is 0 Å². The second kappa shape index (κ2) is 7.02. The highest BCUT2D eigenvalue weighted by molar-refractivity contribution is 7.12. The Morgan fingerprint density at radius 2 is 1.54 bits per heavy atom. The average molecular weight is 333 g/mol. The Morgan fingerprint density at radius 1 is 0.833 bits per heavy atom. The predicted molar refractivity (Wildman–Crippen MR) is 101 cm³/mol. The van der Waals surface area contributed by atoms with Gasteiger partial charge in [0, 0.05) is 0 Å². The van der Waals surface area contributed by atoms with Crippen molar-refractivity contribution in [2.24, 2.45) is 0 Å². The number of thiophene rings is 1. The van der Waals surface area contributed by atoms with Gasteiger partial charge in [0.05, 0.1) is 0 Å². The van der Waals surface area contributed by atoms with E-state index in [2.05, 4.69) is 87.7 Å². The summed E-state index contributed by atoms with van der Waals surface area (Å²) < 4.78 is 2.52. The Bertz CT molecular complexity index is 808. The summed E-state index contributed by atoms with van der Waals surface area (Å²) >= 11 is 1.83. The molecule has 0 bridgehead atoms. The molecule has 0 saturated carbocycles. The van der Waals surface area contributed by atoms with Gasteiger partial charge in [-0.05, 0) is 22.6 Å². The van der Waals surface area contributed by atoms with E-state index in [-0.39, 0.29) is 0 Å². The number of hydrogen-bond donors (Lipinski definition) is 0. The van der Waals surface area contributed by atoms with Gasteiger partial charge in [0.1, 0.15) is 31.1 Å². The molecule has 4 rings (SSSR count). The minimum absolute atomic E-state index is 0.972. The maximum Gasteiger partial charge on any atom is 0.290 e. The van der Waals surface area contributed by atoms with Crippen molar-refractivity contribution in [1.82, 2.24) is 4.90 Å². The summed E-state index contributed by atoms with van der Waals surface area (Å²) in [5.41, 5.74) is 2.74. The van der Waals surface area contributed by atoms with Gasteiger partial charge in [0.2, 0.25) is 0 Å². The molecule has 0 amide bonds. The second-order valence-electron chi connectivity index (χ2n) is 6.12. The summed E-state index contributed by atoms with van der Waals surface area (Å²) in [5.74, 6) is 1.37. The van der Waals surface area contributed by atoms with E-state index in [1.807, 2.05) is 11.3 Å². The summed E-state index contributed by atoms with van der Waals surface area (Å²) in [6.45, 7) is 4.10. The zero-order valence-corrected chi connectivity index (χ0v) is 14.5. The Hall–Kier alpha value is -2.39. The van der Waals surface area contributed by atoms with Crippen molar-refractivity contribution in [3.8, 4) is 0 Å². The van der Waals surface area contributed by atoms with E-state index in [0.29, 0.717) is 0 Å². The molecule has 3 heteroatoms. The first-order chi connectivity index (χ1) is 11.9. The average Bonchev–Trinajstić information content (AvgIpc) is 3.27. The third kappa shape index (κ3) is 3.26. The zero-order chi connectivity index (χ0) is 16.2. The van der Waals surface area contributed by atoms with E-state index < -0.39 is 0 Å². The SMILES string of the molecule is c1ccc(CN2CC[N+](Cc3ccccc3)=C2c2cccs2)cc1. The first-order valence-electron chi connectivity index (χ1n) is 8.39. The van der Waals surface area contributed by atoms with Crippen LogP contribution in [0.2, 0.25) is 0 Å². The van der Waals surface area contributed by atoms with Crippen LogP contribution in [0.1, 0.15) is 16.0 Å². The van der Waals surface area contributed by atoms with Crippen LogP contribution in [0.4, 0.5) is 0 Å². The molecule has 0 radical (unpaired) electrons. The molecule has 0 aliphatic carbocycles. The summed E-state index contributed by atoms with van der Waals surface area (Å²) in [7, 11) is 0. The summed E-state index contributed by atoms with van der Waals surface area (Å²) in [6.07, 6.45) is 0. The van der Waals surface area contributed by atoms with Crippen molar-refractivity contribution in [1.29, 1.82) is 0 Å². The second-order valence-corrected chi connectivity index (χ2v) is 7.06. The molecule has 0 fully saturated rings. The van der Waals surface area contributed by atoms with Gasteiger partial charge in [-0.3, -0.25) is 9.48 Å². The van der Waals surface area contributed by atoms with Crippen LogP contribution in [0.5, 0.6) is 0 Å². The molecule has 2 heterocycles. The maximum absolute atomic E-state index is 2.52. The van der Waals surface area contributed by atoms with Crippen LogP contribution in [-0.4, -0.2) is 28.4 Å². The molecule has 24 heavy (non-hydrogen) atoms. The van der Waals surface area contributed by atoms with Gasteiger partial charge in [-0.1, -0.05) is 66.7 Å². The topological polar surface area (TPSA) is 6.25 Å². The van der Waals surface area contributed by atoms with Gasteiger partial charge in [0.25, 0.3) is 5.84 Å². The highest BCUT2D eigenvalue weighted by Crippen LogP contribution is 2.20. The van der Waals surface area contributed by atoms with Gasteiger partial charge in [-0.2, -0.15) is 0 Å². The van der Waals surface area contributed by atoms with Crippen LogP contribution >= 0.6 is 11.3 Å². The van der Waals surface area contributed by atoms with E-state index in [4.69, 9.17) is 0 Å². The molecule has 1 aliphatic heterocycles. The predicted octanol–water partition coefficient (Wildman–Crippen LogP) is 4.22. The third-order valence-corrected chi connectivity index (χ3v) is 5.28. The molecule has 0 spiro atoms. The molecule has 1 aromatic heterocycles. The van der Waals surface area contributed by atoms with E-state index in [1.54, 1.807) is 0 Å². The standard InChI is InChI=1S/C21H21N2S/c1-3-8-18(9-4-1)16-22-13-14-23(17-19-10-5-2-6-11-19)21(22)20-12-7-15-24-20/h1-12,15H,13-14,16-17H2/q+1. The van der Waals surface area contributed by atoms with Gasteiger partial charge in [-0.15, -0.1) is 11.3 Å². The van der Waals surface area contributed by atoms with Crippen LogP contribution in [0, 0.1) is 0 Å². The number of amidine groups is 1. The monoisotopic (exact) mass is 333 g/mol. The fraction of sp³-hybridized carbons (Fsp3) is 0.190. The van der Waals surface area contributed by atoms with E-state index >= 15 is 0 Å². The van der Waals surface area contributed by atoms with Crippen molar-refractivity contribution >= 4 is 17.2 Å². The quantitative estimate of drug-likeness (QED) is 0.634. The van der Waals surface area contributed by atoms with E-state index in [9.17, 15) is 0 Å². The maximum atomic E-state index is 2.52. The van der Waals surface area contributed by atoms with Gasteiger partial charge < -0.3 is 0 Å². The Balaban J connectivity index is 1.65. The summed E-state index contributed by atoms with van der Waals surface area (Å²) in [5, 5.41) is 2.17. The van der Waals surface area contributed by atoms with Gasteiger partial charge in [0.15, 0.2) is 0 Å². The number of hydrogen-bond acceptors (Lipinski definition) is 2. The highest BCUT2D eigenvalue weighted by Gasteiger charge is 2.32. The molecule has 0 atom stereocenters. The Kier molecular flexibility index (Phi) is 4.43. The molecule has 2 nitrogen and oxygen atoms in total. The lowest BCUT2D eigenvalue weighted by molar-refractivity contribution is -0.533. The number of benzene rings is 2. The molecular weight excluding hydrogens is 312 g/mol. The first-order valence-corrected chi connectivity index (χ1v) is 9.27. The summed E-state index contributed by atoms with van der Waals surface area (Å²) in [4.78, 5) is 3.88. The minimum atomic E-state index is 0.972. The lowest BCUT2D eigenvalue weighted by Crippen LogP contribution is -2.29. The fourth-order valence-electron chi connectivity index (χ4n) is 3.29. The lowest BCUT2D eigenvalue weighted by Gasteiger charge is -2.13. The molecule has 1 aliphatic rings. The fourth-order valence-corrected chi connectivity index (χ4v) is 4.11. The number of rotatable bonds is 5. The third-order valence-electron chi connectivity index (χ3n) is 4.41. The minimum Gasteiger partial charge on any atom is -0.253 e. The molecule has 3 aromatic rings. The Morgan fingerprint density at radius 3 is 2.21 bits per heavy atom. The molecule has 120 valence electrons. The Labute approximate surface area is 147 Å². The largest absolute Gasteiger partial charge is 0.290 e. The molecule has 0 saturated heterocycles. The van der Waals surface area contributed by atoms with E-state index in [0.717, 1.165) is 26.2 Å². The van der Waals surface area contributed by atoms with Crippen LogP contribution < -0.4 is 0 Å². The smallest absolute Gasteiger partial charge is 0.253 e. The van der Waals surface area contributed by atoms with E-state index in [1.165, 1.54) is 21.8 Å². The lowest BCUT2D eigenvalue weighted by atomic mass is 10.2. The zero-order valence-electron chi connectivity index (χ0n) is 13.6. The molecule has 0 unspecified atom stereocenters. The van der Waals surface area contributed by atoms with Crippen LogP contribution in [0.15, 0.2) is 78.2 Å². The molecular formula is C21H21N2S+. The van der Waals surface area contributed by atoms with Crippen LogP contribution in [-0.2, 0) is 13.1 Å². The molecule has 0 N–H and O–H groups in total. The summed E-state index contributed by atoms with van der Waals surface area (Å²) in [6, 6.07) is 25.9.